The lowest BCUT2D eigenvalue weighted by molar-refractivity contribution is -0.923. The molecule has 0 spiro atoms. The van der Waals surface area contributed by atoms with Crippen LogP contribution in [-0.4, -0.2) is 244 Å². The number of unbranched alkanes of at least 4 members (excludes halogenated alkanes) is 2. The third-order valence-electron chi connectivity index (χ3n) is 24.0. The Kier molecular flexibility index (Phi) is 34.7. The molecule has 2 saturated heterocycles. The minimum absolute atomic E-state index is 0.228. The molecule has 15 rings (SSSR count). The second-order valence-corrected chi connectivity index (χ2v) is 33.6. The average Bonchev–Trinajstić information content (AvgIpc) is 0.738. The van der Waals surface area contributed by atoms with Crippen molar-refractivity contribution in [3.63, 3.8) is 0 Å². The molecule has 0 radical (unpaired) electrons. The average molecular weight is 1700 g/mol. The van der Waals surface area contributed by atoms with Crippen molar-refractivity contribution in [3.05, 3.63) is 250 Å². The van der Waals surface area contributed by atoms with Crippen molar-refractivity contribution in [2.24, 2.45) is 0 Å². The highest BCUT2D eigenvalue weighted by molar-refractivity contribution is 6.26. The van der Waals surface area contributed by atoms with Crippen LogP contribution in [0.25, 0.3) is 64.6 Å². The van der Waals surface area contributed by atoms with Crippen molar-refractivity contribution in [2.75, 3.05) is 225 Å². The van der Waals surface area contributed by atoms with Crippen molar-refractivity contribution >= 4 is 64.6 Å². The third kappa shape index (κ3) is 27.0. The summed E-state index contributed by atoms with van der Waals surface area (Å²) < 4.78 is 89.4. The van der Waals surface area contributed by atoms with Gasteiger partial charge in [0.2, 0.25) is 0 Å². The molecule has 3 aliphatic rings. The summed E-state index contributed by atoms with van der Waals surface area (Å²) in [7, 11) is 4.60. The maximum atomic E-state index is 6.63. The lowest BCUT2D eigenvalue weighted by Gasteiger charge is -2.35. The maximum absolute atomic E-state index is 6.63. The number of fused-ring (bicyclic) bond motifs is 4. The van der Waals surface area contributed by atoms with Gasteiger partial charge in [0, 0.05) is 60.5 Å². The van der Waals surface area contributed by atoms with E-state index in [2.05, 4.69) is 265 Å². The van der Waals surface area contributed by atoms with Gasteiger partial charge in [-0.1, -0.05) is 193 Å². The molecule has 0 unspecified atom stereocenters. The minimum Gasteiger partial charge on any atom is -0.494 e. The van der Waals surface area contributed by atoms with Crippen LogP contribution in [0.2, 0.25) is 0 Å². The molecule has 0 atom stereocenters. The summed E-state index contributed by atoms with van der Waals surface area (Å²) in [6.07, 6.45) is 3.64. The quantitative estimate of drug-likeness (QED) is 0.0392. The van der Waals surface area contributed by atoms with E-state index in [0.29, 0.717) is 145 Å². The Bertz CT molecular complexity index is 5420. The summed E-state index contributed by atoms with van der Waals surface area (Å²) in [5.41, 5.74) is 10.2. The van der Waals surface area contributed by atoms with E-state index < -0.39 is 0 Å². The molecule has 18 heteroatoms. The van der Waals surface area contributed by atoms with E-state index in [0.717, 1.165) is 212 Å². The van der Waals surface area contributed by atoms with E-state index in [4.69, 9.17) is 66.3 Å². The monoisotopic (exact) mass is 1700 g/mol. The zero-order chi connectivity index (χ0) is 85.9. The van der Waals surface area contributed by atoms with Gasteiger partial charge in [-0.15, -0.1) is 0 Å². The summed E-state index contributed by atoms with van der Waals surface area (Å²) in [5.74, 6) is 29.0. The summed E-state index contributed by atoms with van der Waals surface area (Å²) in [5, 5.41) is 13.6. The molecule has 126 heavy (non-hydrogen) atoms. The van der Waals surface area contributed by atoms with Gasteiger partial charge in [0.15, 0.2) is 0 Å². The van der Waals surface area contributed by atoms with Crippen molar-refractivity contribution in [2.45, 2.75) is 65.2 Å². The predicted octanol–water partition coefficient (Wildman–Crippen LogP) is 16.4. The molecule has 0 amide bonds. The van der Waals surface area contributed by atoms with Gasteiger partial charge >= 0.3 is 0 Å². The highest BCUT2D eigenvalue weighted by Crippen LogP contribution is 2.39. The topological polar surface area (TPSA) is 136 Å². The number of likely N-dealkylation sites (N-methyl/N-ethyl adjacent to an activating group) is 2. The first-order valence-corrected chi connectivity index (χ1v) is 45.2. The number of nitrogens with zero attached hydrogens (tertiary/aromatic N) is 4. The van der Waals surface area contributed by atoms with Crippen LogP contribution < -0.4 is 9.47 Å². The fourth-order valence-corrected chi connectivity index (χ4v) is 17.1. The van der Waals surface area contributed by atoms with Crippen molar-refractivity contribution < 1.29 is 75.3 Å². The first-order chi connectivity index (χ1) is 62.2. The van der Waals surface area contributed by atoms with E-state index >= 15 is 0 Å². The summed E-state index contributed by atoms with van der Waals surface area (Å²) >= 11 is 0. The van der Waals surface area contributed by atoms with Crippen LogP contribution in [0.1, 0.15) is 81.3 Å². The van der Waals surface area contributed by atoms with Crippen LogP contribution in [0.5, 0.6) is 11.5 Å². The fourth-order valence-electron chi connectivity index (χ4n) is 17.1. The van der Waals surface area contributed by atoms with Crippen LogP contribution in [0.3, 0.4) is 0 Å². The van der Waals surface area contributed by atoms with Gasteiger partial charge in [0.1, 0.15) is 70.7 Å². The van der Waals surface area contributed by atoms with Gasteiger partial charge in [-0.25, -0.2) is 0 Å². The molecule has 12 aromatic rings. The Morgan fingerprint density at radius 3 is 0.984 bits per heavy atom. The van der Waals surface area contributed by atoms with E-state index in [1.165, 1.54) is 32.7 Å². The van der Waals surface area contributed by atoms with Gasteiger partial charge in [-0.2, -0.15) is 0 Å². The molecule has 0 saturated carbocycles. The van der Waals surface area contributed by atoms with E-state index in [9.17, 15) is 0 Å². The zero-order valence-corrected chi connectivity index (χ0v) is 73.7. The van der Waals surface area contributed by atoms with Crippen LogP contribution in [0.4, 0.5) is 0 Å². The van der Waals surface area contributed by atoms with Gasteiger partial charge in [0.05, 0.1) is 166 Å². The smallest absolute Gasteiger partial charge is 0.120 e. The van der Waals surface area contributed by atoms with Crippen molar-refractivity contribution in [1.82, 2.24) is 9.80 Å². The number of benzene rings is 12. The standard InChI is InChI=1S/C108H122N4O14/c1-111(47-61-117-69-71-119-63-49-112(2,80-86-19-7-4-8-20-86)50-64-120-72-70-118-62-48-111)46-10-12-56-126-100-77-89-74-90(78-100)84-124-54-16-24-94-28-32-98-34-38-102-92(26-30-96-36-40-104(94)108(98)106(96)102)22-14-52-122-82-88-73-87(81-121-51-13-21-91-25-29-95-35-39-103-93(23-15-53-123-83-89)27-31-97-33-37-101(91)105(95)107(97)103)75-99(76-88)125-55-11-9-41-109-42-57-113-65-67-115-59-44-110(79-85-17-5-3-6-18-85)45-60-116-68-66-114-58-43-109/h3-8,17-20,25-40,73-78H,9-12,41-72,79-84H2,1-2H3/q+2. The molecule has 2 fully saturated rings. The Balaban J connectivity index is 0.601. The number of hydrogen-bond acceptors (Lipinski definition) is 16. The molecule has 12 aromatic carbocycles. The summed E-state index contributed by atoms with van der Waals surface area (Å²) in [4.78, 5) is 4.79. The second-order valence-electron chi connectivity index (χ2n) is 33.6. The minimum atomic E-state index is 0.228. The van der Waals surface area contributed by atoms with E-state index in [1.54, 1.807) is 0 Å². The van der Waals surface area contributed by atoms with Crippen LogP contribution >= 0.6 is 0 Å². The highest BCUT2D eigenvalue weighted by atomic mass is 16.5. The molecule has 0 aromatic heterocycles. The molecule has 3 aliphatic heterocycles. The molecule has 3 heterocycles. The second kappa shape index (κ2) is 48.2. The molecular formula is C108H122N4O14+2. The van der Waals surface area contributed by atoms with Crippen molar-refractivity contribution in [3.8, 4) is 58.9 Å². The lowest BCUT2D eigenvalue weighted by atomic mass is 9.90. The van der Waals surface area contributed by atoms with Crippen molar-refractivity contribution in [1.29, 1.82) is 0 Å². The maximum Gasteiger partial charge on any atom is 0.120 e. The van der Waals surface area contributed by atoms with E-state index in [1.807, 2.05) is 0 Å². The number of ether oxygens (including phenoxy) is 14. The molecule has 0 aliphatic carbocycles. The molecular weight excluding hydrogens is 1580 g/mol. The Morgan fingerprint density at radius 1 is 0.302 bits per heavy atom. The van der Waals surface area contributed by atoms with Gasteiger partial charge < -0.3 is 75.3 Å². The normalized spacial score (nSPS) is 19.4. The molecule has 656 valence electrons. The Hall–Kier alpha value is -10.1. The third-order valence-corrected chi connectivity index (χ3v) is 24.0. The first kappa shape index (κ1) is 90.7. The summed E-state index contributed by atoms with van der Waals surface area (Å²) in [6, 6.07) is 68.4. The van der Waals surface area contributed by atoms with Crippen LogP contribution in [0, 0.1) is 47.4 Å². The van der Waals surface area contributed by atoms with E-state index in [-0.39, 0.29) is 26.4 Å². The number of rotatable bonds is 16. The SMILES string of the molecule is C[N+]1(CCCCOc2cc3cc(c2)COCC#Cc2ccc4ccc5c(ccc6ccc2c4c65)C#CCOCc2cc(cc(OCCCCN4CCOCCOCCN(Cc5ccccc5)CCOCCOCC4)c2)COCC#Cc2ccc4ccc5c(ccc6ccc2c4c65)C#CCOC3)CCOCCOCC[N+](C)(Cc2ccccc2)CCOCCOCC1. The lowest BCUT2D eigenvalue weighted by Crippen LogP contribution is -2.49. The highest BCUT2D eigenvalue weighted by Gasteiger charge is 2.25. The fraction of sp³-hybridized carbons (Fsp3) is 0.407. The molecule has 18 nitrogen and oxygen atoms in total. The first-order valence-electron chi connectivity index (χ1n) is 45.2. The molecule has 16 bridgehead atoms. The predicted molar refractivity (Wildman–Crippen MR) is 500 cm³/mol. The summed E-state index contributed by atoms with van der Waals surface area (Å²) in [6.45, 7) is 23.3. The Labute approximate surface area is 744 Å². The zero-order valence-electron chi connectivity index (χ0n) is 73.7. The largest absolute Gasteiger partial charge is 0.494 e. The Morgan fingerprint density at radius 2 is 0.619 bits per heavy atom. The van der Waals surface area contributed by atoms with Gasteiger partial charge in [-0.3, -0.25) is 9.80 Å². The van der Waals surface area contributed by atoms with Gasteiger partial charge in [0.25, 0.3) is 0 Å². The van der Waals surface area contributed by atoms with Crippen LogP contribution in [-0.2, 0) is 96.4 Å². The molecule has 0 N–H and O–H groups in total. The van der Waals surface area contributed by atoms with Crippen LogP contribution in [0.15, 0.2) is 194 Å². The number of quaternary nitrogens is 2. The van der Waals surface area contributed by atoms with Gasteiger partial charge in [-0.05, 0) is 173 Å². The number of hydrogen-bond donors (Lipinski definition) is 0.